The lowest BCUT2D eigenvalue weighted by Crippen LogP contribution is -2.25. The van der Waals surface area contributed by atoms with Crippen molar-refractivity contribution in [1.29, 1.82) is 0 Å². The number of carboxylic acids is 1. The Balaban J connectivity index is 2.18. The Labute approximate surface area is 112 Å². The minimum absolute atomic E-state index is 0.00107. The molecule has 0 bridgehead atoms. The predicted octanol–water partition coefficient (Wildman–Crippen LogP) is 0.351. The number of sulfonamides is 1. The smallest absolute Gasteiger partial charge is 0.340 e. The molecule has 0 aliphatic heterocycles. The van der Waals surface area contributed by atoms with Crippen molar-refractivity contribution in [2.45, 2.75) is 18.5 Å². The van der Waals surface area contributed by atoms with E-state index in [9.17, 15) is 13.2 Å². The van der Waals surface area contributed by atoms with Gasteiger partial charge in [-0.05, 0) is 6.92 Å². The number of aromatic amines is 1. The van der Waals surface area contributed by atoms with Crippen molar-refractivity contribution in [3.05, 3.63) is 27.8 Å². The van der Waals surface area contributed by atoms with E-state index in [1.165, 1.54) is 11.3 Å². The molecule has 102 valence electrons. The number of hydrogen-bond acceptors (Lipinski definition) is 6. The van der Waals surface area contributed by atoms with Gasteiger partial charge in [0.2, 0.25) is 0 Å². The van der Waals surface area contributed by atoms with E-state index in [4.69, 9.17) is 5.11 Å². The van der Waals surface area contributed by atoms with Crippen LogP contribution < -0.4 is 4.72 Å². The molecular formula is C9H10N4O4S2. The number of carbonyl (C=O) groups is 1. The summed E-state index contributed by atoms with van der Waals surface area (Å²) in [6.07, 6.45) is 0.949. The zero-order chi connectivity index (χ0) is 14.0. The minimum Gasteiger partial charge on any atom is -0.478 e. The Bertz CT molecular complexity index is 703. The van der Waals surface area contributed by atoms with Crippen LogP contribution in [0.3, 0.4) is 0 Å². The predicted molar refractivity (Wildman–Crippen MR) is 66.4 cm³/mol. The maximum absolute atomic E-state index is 11.9. The number of aromatic carboxylic acids is 1. The SMILES string of the molecule is Cc1csc(CNS(=O)(=O)c2[nH]ncc2C(=O)O)n1. The van der Waals surface area contributed by atoms with E-state index in [-0.39, 0.29) is 6.54 Å². The molecule has 0 saturated carbocycles. The van der Waals surface area contributed by atoms with Crippen molar-refractivity contribution >= 4 is 27.3 Å². The summed E-state index contributed by atoms with van der Waals surface area (Å²) >= 11 is 1.32. The molecule has 2 aromatic heterocycles. The van der Waals surface area contributed by atoms with Gasteiger partial charge in [0.15, 0.2) is 5.03 Å². The number of carboxylic acid groups (broad SMARTS) is 1. The molecule has 0 aliphatic carbocycles. The van der Waals surface area contributed by atoms with Crippen LogP contribution in [-0.2, 0) is 16.6 Å². The van der Waals surface area contributed by atoms with Gasteiger partial charge in [-0.3, -0.25) is 5.10 Å². The fourth-order valence-corrected chi connectivity index (χ4v) is 3.22. The molecule has 0 atom stereocenters. The Hall–Kier alpha value is -1.78. The Morgan fingerprint density at radius 1 is 1.58 bits per heavy atom. The molecule has 2 aromatic rings. The van der Waals surface area contributed by atoms with Crippen LogP contribution in [0.1, 0.15) is 21.1 Å². The Morgan fingerprint density at radius 3 is 2.89 bits per heavy atom. The topological polar surface area (TPSA) is 125 Å². The van der Waals surface area contributed by atoms with E-state index >= 15 is 0 Å². The quantitative estimate of drug-likeness (QED) is 0.732. The third-order valence-corrected chi connectivity index (χ3v) is 4.52. The van der Waals surface area contributed by atoms with Crippen LogP contribution in [0.15, 0.2) is 16.6 Å². The van der Waals surface area contributed by atoms with Crippen molar-refractivity contribution in [3.63, 3.8) is 0 Å². The molecule has 8 nitrogen and oxygen atoms in total. The highest BCUT2D eigenvalue weighted by atomic mass is 32.2. The molecule has 3 N–H and O–H groups in total. The fraction of sp³-hybridized carbons (Fsp3) is 0.222. The highest BCUT2D eigenvalue weighted by Crippen LogP contribution is 2.13. The second kappa shape index (κ2) is 5.07. The van der Waals surface area contributed by atoms with E-state index < -0.39 is 26.6 Å². The van der Waals surface area contributed by atoms with Gasteiger partial charge < -0.3 is 5.11 Å². The van der Waals surface area contributed by atoms with Gasteiger partial charge in [0.25, 0.3) is 10.0 Å². The standard InChI is InChI=1S/C9H10N4O4S2/c1-5-4-18-7(12-5)3-11-19(16,17)8-6(9(14)15)2-10-13-8/h2,4,11H,3H2,1H3,(H,10,13)(H,14,15). The van der Waals surface area contributed by atoms with Gasteiger partial charge >= 0.3 is 5.97 Å². The summed E-state index contributed by atoms with van der Waals surface area (Å²) in [4.78, 5) is 14.9. The first kappa shape index (κ1) is 13.6. The van der Waals surface area contributed by atoms with Gasteiger partial charge in [0.05, 0.1) is 12.7 Å². The first-order valence-electron chi connectivity index (χ1n) is 5.07. The number of H-pyrrole nitrogens is 1. The summed E-state index contributed by atoms with van der Waals surface area (Å²) in [5.74, 6) is -1.36. The summed E-state index contributed by atoms with van der Waals surface area (Å²) in [5.41, 5.74) is 0.398. The number of nitrogens with one attached hydrogen (secondary N) is 2. The van der Waals surface area contributed by atoms with Gasteiger partial charge in [-0.25, -0.2) is 22.9 Å². The molecule has 0 saturated heterocycles. The first-order chi connectivity index (χ1) is 8.90. The molecule has 0 aliphatic rings. The van der Waals surface area contributed by atoms with Crippen molar-refractivity contribution in [2.24, 2.45) is 0 Å². The lowest BCUT2D eigenvalue weighted by molar-refractivity contribution is 0.0692. The number of thiazole rings is 1. The van der Waals surface area contributed by atoms with Crippen LogP contribution in [0.2, 0.25) is 0 Å². The Kier molecular flexibility index (Phi) is 3.64. The van der Waals surface area contributed by atoms with Crippen LogP contribution in [0, 0.1) is 6.92 Å². The molecule has 2 rings (SSSR count). The lowest BCUT2D eigenvalue weighted by atomic mass is 10.4. The summed E-state index contributed by atoms with van der Waals surface area (Å²) < 4.78 is 26.1. The van der Waals surface area contributed by atoms with Gasteiger partial charge in [0, 0.05) is 11.1 Å². The third-order valence-electron chi connectivity index (χ3n) is 2.18. The Morgan fingerprint density at radius 2 is 2.32 bits per heavy atom. The average Bonchev–Trinajstić information content (AvgIpc) is 2.94. The van der Waals surface area contributed by atoms with Crippen LogP contribution in [0.25, 0.3) is 0 Å². The minimum atomic E-state index is -3.96. The van der Waals surface area contributed by atoms with Gasteiger partial charge in [-0.15, -0.1) is 11.3 Å². The summed E-state index contributed by atoms with van der Waals surface area (Å²) in [7, 11) is -3.96. The van der Waals surface area contributed by atoms with Crippen LogP contribution in [0.4, 0.5) is 0 Å². The monoisotopic (exact) mass is 302 g/mol. The number of nitrogens with zero attached hydrogens (tertiary/aromatic N) is 2. The zero-order valence-corrected chi connectivity index (χ0v) is 11.4. The van der Waals surface area contributed by atoms with E-state index in [1.54, 1.807) is 12.3 Å². The zero-order valence-electron chi connectivity index (χ0n) is 9.74. The summed E-state index contributed by atoms with van der Waals surface area (Å²) in [6.45, 7) is 1.80. The summed E-state index contributed by atoms with van der Waals surface area (Å²) in [5, 5.41) is 16.4. The second-order valence-electron chi connectivity index (χ2n) is 3.63. The number of hydrogen-bond donors (Lipinski definition) is 3. The maximum Gasteiger partial charge on any atom is 0.340 e. The molecule has 10 heteroatoms. The van der Waals surface area contributed by atoms with Crippen molar-refractivity contribution in [2.75, 3.05) is 0 Å². The van der Waals surface area contributed by atoms with E-state index in [0.717, 1.165) is 11.9 Å². The van der Waals surface area contributed by atoms with Crippen LogP contribution in [-0.4, -0.2) is 34.7 Å². The largest absolute Gasteiger partial charge is 0.478 e. The molecule has 0 aromatic carbocycles. The maximum atomic E-state index is 11.9. The molecule has 2 heterocycles. The molecule has 0 fully saturated rings. The molecule has 19 heavy (non-hydrogen) atoms. The highest BCUT2D eigenvalue weighted by molar-refractivity contribution is 7.89. The van der Waals surface area contributed by atoms with Crippen molar-refractivity contribution in [1.82, 2.24) is 19.9 Å². The molecule has 0 unspecified atom stereocenters. The molecule has 0 amide bonds. The normalized spacial score (nSPS) is 11.6. The molecule has 0 radical (unpaired) electrons. The average molecular weight is 302 g/mol. The number of aromatic nitrogens is 3. The first-order valence-corrected chi connectivity index (χ1v) is 7.44. The number of aryl methyl sites for hydroxylation is 1. The van der Waals surface area contributed by atoms with E-state index in [0.29, 0.717) is 5.01 Å². The van der Waals surface area contributed by atoms with Gasteiger partial charge in [-0.2, -0.15) is 5.10 Å². The fourth-order valence-electron chi connectivity index (χ4n) is 1.34. The second-order valence-corrected chi connectivity index (χ2v) is 6.27. The molecular weight excluding hydrogens is 292 g/mol. The van der Waals surface area contributed by atoms with Gasteiger partial charge in [-0.1, -0.05) is 0 Å². The van der Waals surface area contributed by atoms with Gasteiger partial charge in [0.1, 0.15) is 10.6 Å². The van der Waals surface area contributed by atoms with E-state index in [2.05, 4.69) is 19.9 Å². The van der Waals surface area contributed by atoms with Crippen LogP contribution >= 0.6 is 11.3 Å². The van der Waals surface area contributed by atoms with Crippen molar-refractivity contribution in [3.8, 4) is 0 Å². The van der Waals surface area contributed by atoms with Crippen molar-refractivity contribution < 1.29 is 18.3 Å². The van der Waals surface area contributed by atoms with E-state index in [1.807, 2.05) is 0 Å². The summed E-state index contributed by atoms with van der Waals surface area (Å²) in [6, 6.07) is 0. The number of rotatable bonds is 5. The lowest BCUT2D eigenvalue weighted by Gasteiger charge is -2.03. The highest BCUT2D eigenvalue weighted by Gasteiger charge is 2.24. The van der Waals surface area contributed by atoms with Crippen LogP contribution in [0.5, 0.6) is 0 Å². The molecule has 0 spiro atoms. The third kappa shape index (κ3) is 2.97.